The Labute approximate surface area is 161 Å². The molecule has 5 nitrogen and oxygen atoms in total. The number of rotatable bonds is 5. The molecule has 0 bridgehead atoms. The summed E-state index contributed by atoms with van der Waals surface area (Å²) in [6, 6.07) is 19.6. The van der Waals surface area contributed by atoms with Gasteiger partial charge in [-0.05, 0) is 31.4 Å². The second-order valence-electron chi connectivity index (χ2n) is 7.44. The van der Waals surface area contributed by atoms with Crippen LogP contribution in [0.5, 0.6) is 0 Å². The molecule has 0 unspecified atom stereocenters. The van der Waals surface area contributed by atoms with E-state index in [0.29, 0.717) is 19.5 Å². The van der Waals surface area contributed by atoms with Crippen molar-refractivity contribution in [3.05, 3.63) is 71.8 Å². The molecular weight excluding hydrogens is 340 g/mol. The quantitative estimate of drug-likeness (QED) is 0.848. The third kappa shape index (κ3) is 5.08. The summed E-state index contributed by atoms with van der Waals surface area (Å²) < 4.78 is 5.45. The predicted octanol–water partition coefficient (Wildman–Crippen LogP) is 3.50. The zero-order valence-corrected chi connectivity index (χ0v) is 16.0. The number of carbonyl (C=O) groups excluding carboxylic acids is 1. The second-order valence-corrected chi connectivity index (χ2v) is 7.44. The van der Waals surface area contributed by atoms with Gasteiger partial charge in [-0.1, -0.05) is 60.7 Å². The van der Waals surface area contributed by atoms with Gasteiger partial charge in [-0.3, -0.25) is 0 Å². The number of aliphatic hydroxyl groups is 1. The van der Waals surface area contributed by atoms with Crippen LogP contribution in [0.4, 0.5) is 4.79 Å². The fourth-order valence-corrected chi connectivity index (χ4v) is 3.39. The number of nitrogens with zero attached hydrogens (tertiary/aromatic N) is 1. The summed E-state index contributed by atoms with van der Waals surface area (Å²) in [7, 11) is 0. The number of likely N-dealkylation sites (tertiary alicyclic amines) is 1. The van der Waals surface area contributed by atoms with Gasteiger partial charge < -0.3 is 20.1 Å². The van der Waals surface area contributed by atoms with Gasteiger partial charge in [0.15, 0.2) is 0 Å². The Hall–Kier alpha value is -2.37. The van der Waals surface area contributed by atoms with Gasteiger partial charge in [0.05, 0.1) is 11.6 Å². The van der Waals surface area contributed by atoms with Crippen molar-refractivity contribution in [3.8, 4) is 0 Å². The van der Waals surface area contributed by atoms with E-state index in [9.17, 15) is 9.90 Å². The molecule has 1 heterocycles. The van der Waals surface area contributed by atoms with Crippen LogP contribution in [0.3, 0.4) is 0 Å². The lowest BCUT2D eigenvalue weighted by Crippen LogP contribution is -2.61. The summed E-state index contributed by atoms with van der Waals surface area (Å²) in [5, 5.41) is 14.3. The lowest BCUT2D eigenvalue weighted by molar-refractivity contribution is -0.0379. The van der Waals surface area contributed by atoms with Crippen LogP contribution in [0, 0.1) is 0 Å². The maximum absolute atomic E-state index is 12.5. The Balaban J connectivity index is 1.59. The van der Waals surface area contributed by atoms with E-state index in [0.717, 1.165) is 11.1 Å². The van der Waals surface area contributed by atoms with Crippen molar-refractivity contribution < 1.29 is 14.6 Å². The van der Waals surface area contributed by atoms with Crippen LogP contribution in [0.25, 0.3) is 0 Å². The first-order valence-corrected chi connectivity index (χ1v) is 9.45. The van der Waals surface area contributed by atoms with Gasteiger partial charge >= 0.3 is 6.09 Å². The highest BCUT2D eigenvalue weighted by atomic mass is 16.6. The number of hydrogen-bond donors (Lipinski definition) is 2. The summed E-state index contributed by atoms with van der Waals surface area (Å²) in [5.74, 6) is 0. The lowest BCUT2D eigenvalue weighted by atomic mass is 9.87. The van der Waals surface area contributed by atoms with Gasteiger partial charge in [0, 0.05) is 19.1 Å². The highest BCUT2D eigenvalue weighted by molar-refractivity contribution is 5.68. The van der Waals surface area contributed by atoms with Crippen LogP contribution in [0.15, 0.2) is 60.7 Å². The molecule has 0 aliphatic carbocycles. The summed E-state index contributed by atoms with van der Waals surface area (Å²) >= 11 is 0. The van der Waals surface area contributed by atoms with Gasteiger partial charge in [0.1, 0.15) is 6.61 Å². The number of hydrogen-bond acceptors (Lipinski definition) is 4. The fourth-order valence-electron chi connectivity index (χ4n) is 3.39. The van der Waals surface area contributed by atoms with Crippen LogP contribution in [0.2, 0.25) is 0 Å². The Morgan fingerprint density at radius 2 is 1.85 bits per heavy atom. The molecule has 2 aromatic rings. The normalized spacial score (nSPS) is 23.7. The molecule has 27 heavy (non-hydrogen) atoms. The third-order valence-electron chi connectivity index (χ3n) is 5.26. The number of amides is 1. The first kappa shape index (κ1) is 19.4. The minimum absolute atomic E-state index is 0.0722. The van der Waals surface area contributed by atoms with Gasteiger partial charge in [-0.25, -0.2) is 4.79 Å². The van der Waals surface area contributed by atoms with Gasteiger partial charge in [0.2, 0.25) is 0 Å². The molecule has 1 amide bonds. The van der Waals surface area contributed by atoms with Gasteiger partial charge in [-0.2, -0.15) is 0 Å². The first-order valence-electron chi connectivity index (χ1n) is 9.45. The number of nitrogens with one attached hydrogen (secondary N) is 1. The van der Waals surface area contributed by atoms with Gasteiger partial charge in [-0.15, -0.1) is 0 Å². The first-order chi connectivity index (χ1) is 13.0. The smallest absolute Gasteiger partial charge is 0.410 e. The molecule has 2 N–H and O–H groups in total. The van der Waals surface area contributed by atoms with Crippen molar-refractivity contribution in [3.63, 3.8) is 0 Å². The van der Waals surface area contributed by atoms with Crippen LogP contribution in [-0.4, -0.2) is 40.8 Å². The summed E-state index contributed by atoms with van der Waals surface area (Å²) in [4.78, 5) is 14.2. The Kier molecular flexibility index (Phi) is 6.14. The Bertz CT molecular complexity index is 734. The zero-order chi connectivity index (χ0) is 19.3. The molecule has 1 aliphatic rings. The van der Waals surface area contributed by atoms with Crippen LogP contribution in [0.1, 0.15) is 37.4 Å². The molecule has 0 radical (unpaired) electrons. The minimum atomic E-state index is -0.876. The zero-order valence-electron chi connectivity index (χ0n) is 16.0. The van der Waals surface area contributed by atoms with E-state index in [1.807, 2.05) is 55.5 Å². The summed E-state index contributed by atoms with van der Waals surface area (Å²) in [6.07, 6.45) is 0.167. The molecule has 144 valence electrons. The average molecular weight is 368 g/mol. The maximum atomic E-state index is 12.5. The average Bonchev–Trinajstić information content (AvgIpc) is 2.69. The maximum Gasteiger partial charge on any atom is 0.410 e. The number of carbonyl (C=O) groups is 1. The van der Waals surface area contributed by atoms with E-state index in [1.165, 1.54) is 0 Å². The lowest BCUT2D eigenvalue weighted by Gasteiger charge is -2.43. The second kappa shape index (κ2) is 8.55. The van der Waals surface area contributed by atoms with Crippen LogP contribution < -0.4 is 5.32 Å². The number of benzene rings is 2. The number of ether oxygens (including phenoxy) is 1. The van der Waals surface area contributed by atoms with Crippen molar-refractivity contribution >= 4 is 6.09 Å². The highest BCUT2D eigenvalue weighted by Crippen LogP contribution is 2.25. The van der Waals surface area contributed by atoms with Crippen LogP contribution >= 0.6 is 0 Å². The monoisotopic (exact) mass is 368 g/mol. The fraction of sp³-hybridized carbons (Fsp3) is 0.409. The Morgan fingerprint density at radius 1 is 1.22 bits per heavy atom. The molecule has 0 saturated carbocycles. The van der Waals surface area contributed by atoms with Gasteiger partial charge in [0.25, 0.3) is 0 Å². The molecule has 2 aromatic carbocycles. The van der Waals surface area contributed by atoms with Crippen LogP contribution in [-0.2, 0) is 11.3 Å². The molecule has 1 saturated heterocycles. The van der Waals surface area contributed by atoms with Crippen molar-refractivity contribution in [1.82, 2.24) is 10.2 Å². The standard InChI is InChI=1S/C22H28N2O3/c1-17(19-11-7-4-8-12-19)23-20-15-24(14-13-22(20,2)26)21(25)27-16-18-9-5-3-6-10-18/h3-12,17,20,23,26H,13-16H2,1-2H3/t17-,20+,22+/m0/s1. The summed E-state index contributed by atoms with van der Waals surface area (Å²) in [6.45, 7) is 5.05. The van der Waals surface area contributed by atoms with E-state index < -0.39 is 5.60 Å². The van der Waals surface area contributed by atoms with Crippen molar-refractivity contribution in [2.24, 2.45) is 0 Å². The van der Waals surface area contributed by atoms with E-state index in [-0.39, 0.29) is 24.8 Å². The molecule has 5 heteroatoms. The topological polar surface area (TPSA) is 61.8 Å². The molecule has 0 spiro atoms. The van der Waals surface area contributed by atoms with E-state index in [2.05, 4.69) is 24.4 Å². The molecule has 1 fully saturated rings. The Morgan fingerprint density at radius 3 is 2.52 bits per heavy atom. The minimum Gasteiger partial charge on any atom is -0.445 e. The molecule has 0 aromatic heterocycles. The van der Waals surface area contributed by atoms with Crippen molar-refractivity contribution in [2.75, 3.05) is 13.1 Å². The number of piperidine rings is 1. The predicted molar refractivity (Wildman–Crippen MR) is 105 cm³/mol. The SMILES string of the molecule is C[C@H](N[C@@H]1CN(C(=O)OCc2ccccc2)CC[C@@]1(C)O)c1ccccc1. The largest absolute Gasteiger partial charge is 0.445 e. The molecule has 3 rings (SSSR count). The molecular formula is C22H28N2O3. The van der Waals surface area contributed by atoms with Crippen molar-refractivity contribution in [1.29, 1.82) is 0 Å². The van der Waals surface area contributed by atoms with Crippen molar-refractivity contribution in [2.45, 2.75) is 44.6 Å². The summed E-state index contributed by atoms with van der Waals surface area (Å²) in [5.41, 5.74) is 1.23. The van der Waals surface area contributed by atoms with E-state index >= 15 is 0 Å². The van der Waals surface area contributed by atoms with E-state index in [1.54, 1.807) is 4.90 Å². The third-order valence-corrected chi connectivity index (χ3v) is 5.26. The molecule has 1 aliphatic heterocycles. The molecule has 3 atom stereocenters. The highest BCUT2D eigenvalue weighted by Gasteiger charge is 2.40. The van der Waals surface area contributed by atoms with E-state index in [4.69, 9.17) is 4.74 Å².